The number of nitrogens with one attached hydrogen (secondary N) is 1. The van der Waals surface area contributed by atoms with Crippen LogP contribution >= 0.6 is 11.3 Å². The van der Waals surface area contributed by atoms with Gasteiger partial charge in [0.15, 0.2) is 0 Å². The van der Waals surface area contributed by atoms with E-state index >= 15 is 0 Å². The summed E-state index contributed by atoms with van der Waals surface area (Å²) in [6.45, 7) is 8.57. The molecule has 1 aromatic heterocycles. The second kappa shape index (κ2) is 5.22. The van der Waals surface area contributed by atoms with Crippen LogP contribution < -0.4 is 11.3 Å². The van der Waals surface area contributed by atoms with Gasteiger partial charge in [0, 0.05) is 4.88 Å². The maximum Gasteiger partial charge on any atom is 0.0810 e. The van der Waals surface area contributed by atoms with Crippen molar-refractivity contribution in [1.29, 1.82) is 0 Å². The summed E-state index contributed by atoms with van der Waals surface area (Å²) < 4.78 is 0. The van der Waals surface area contributed by atoms with E-state index in [1.807, 2.05) is 0 Å². The molecule has 0 bridgehead atoms. The molecule has 1 atom stereocenters. The number of rotatable bonds is 3. The van der Waals surface area contributed by atoms with E-state index < -0.39 is 0 Å². The summed E-state index contributed by atoms with van der Waals surface area (Å²) in [5.41, 5.74) is 9.45. The second-order valence-corrected chi connectivity index (χ2v) is 5.83. The molecule has 18 heavy (non-hydrogen) atoms. The minimum atomic E-state index is 0.0885. The summed E-state index contributed by atoms with van der Waals surface area (Å²) in [7, 11) is 0. The number of nitrogens with two attached hydrogens (primary N) is 1. The van der Waals surface area contributed by atoms with Gasteiger partial charge < -0.3 is 0 Å². The van der Waals surface area contributed by atoms with Gasteiger partial charge in [0.05, 0.1) is 6.04 Å². The number of hydrazine groups is 1. The van der Waals surface area contributed by atoms with E-state index in [1.54, 1.807) is 11.3 Å². The van der Waals surface area contributed by atoms with Crippen molar-refractivity contribution in [2.24, 2.45) is 5.84 Å². The molecule has 1 heterocycles. The van der Waals surface area contributed by atoms with Crippen LogP contribution in [0.5, 0.6) is 0 Å². The predicted molar refractivity (Wildman–Crippen MR) is 78.9 cm³/mol. The van der Waals surface area contributed by atoms with E-state index in [9.17, 15) is 0 Å². The molecule has 2 aromatic rings. The van der Waals surface area contributed by atoms with Crippen LogP contribution in [-0.2, 0) is 0 Å². The molecule has 0 spiro atoms. The number of benzene rings is 1. The summed E-state index contributed by atoms with van der Waals surface area (Å²) in [5, 5.41) is 2.12. The fourth-order valence-corrected chi connectivity index (χ4v) is 3.61. The van der Waals surface area contributed by atoms with Crippen molar-refractivity contribution < 1.29 is 0 Å². The van der Waals surface area contributed by atoms with Gasteiger partial charge in [-0.3, -0.25) is 5.84 Å². The monoisotopic (exact) mass is 260 g/mol. The molecule has 3 N–H and O–H groups in total. The van der Waals surface area contributed by atoms with Crippen molar-refractivity contribution in [2.75, 3.05) is 0 Å². The lowest BCUT2D eigenvalue weighted by molar-refractivity contribution is 0.637. The van der Waals surface area contributed by atoms with Crippen LogP contribution in [0.3, 0.4) is 0 Å². The van der Waals surface area contributed by atoms with Gasteiger partial charge in [0.25, 0.3) is 0 Å². The Labute approximate surface area is 113 Å². The van der Waals surface area contributed by atoms with Crippen molar-refractivity contribution in [3.05, 3.63) is 56.3 Å². The Balaban J connectivity index is 2.56. The highest BCUT2D eigenvalue weighted by molar-refractivity contribution is 7.10. The molecule has 0 amide bonds. The average Bonchev–Trinajstić information content (AvgIpc) is 2.69. The molecule has 1 unspecified atom stereocenters. The number of hydrogen-bond acceptors (Lipinski definition) is 3. The minimum Gasteiger partial charge on any atom is -0.271 e. The minimum absolute atomic E-state index is 0.0885. The zero-order valence-electron chi connectivity index (χ0n) is 11.4. The van der Waals surface area contributed by atoms with Crippen LogP contribution in [0.1, 0.15) is 38.7 Å². The highest BCUT2D eigenvalue weighted by Crippen LogP contribution is 2.32. The summed E-state index contributed by atoms with van der Waals surface area (Å²) in [5.74, 6) is 5.80. The predicted octanol–water partition coefficient (Wildman–Crippen LogP) is 3.53. The second-order valence-electron chi connectivity index (χ2n) is 4.88. The van der Waals surface area contributed by atoms with Gasteiger partial charge in [-0.1, -0.05) is 17.7 Å². The van der Waals surface area contributed by atoms with E-state index in [0.29, 0.717) is 0 Å². The molecule has 0 fully saturated rings. The van der Waals surface area contributed by atoms with Gasteiger partial charge >= 0.3 is 0 Å². The van der Waals surface area contributed by atoms with Gasteiger partial charge in [-0.05, 0) is 61.4 Å². The topological polar surface area (TPSA) is 38.0 Å². The summed E-state index contributed by atoms with van der Waals surface area (Å²) >= 11 is 1.76. The maximum atomic E-state index is 5.80. The largest absolute Gasteiger partial charge is 0.271 e. The van der Waals surface area contributed by atoms with Gasteiger partial charge in [-0.25, -0.2) is 5.43 Å². The van der Waals surface area contributed by atoms with E-state index in [2.05, 4.69) is 56.7 Å². The summed E-state index contributed by atoms with van der Waals surface area (Å²) in [6.07, 6.45) is 0. The van der Waals surface area contributed by atoms with Crippen molar-refractivity contribution in [3.63, 3.8) is 0 Å². The molecular formula is C15H20N2S. The third kappa shape index (κ3) is 2.34. The van der Waals surface area contributed by atoms with E-state index in [-0.39, 0.29) is 6.04 Å². The number of aryl methyl sites for hydroxylation is 4. The Hall–Kier alpha value is -1.16. The molecule has 0 aliphatic heterocycles. The zero-order valence-corrected chi connectivity index (χ0v) is 12.2. The highest BCUT2D eigenvalue weighted by Gasteiger charge is 2.19. The molecule has 1 aromatic carbocycles. The normalized spacial score (nSPS) is 12.7. The Kier molecular flexibility index (Phi) is 3.85. The Bertz CT molecular complexity index is 534. The van der Waals surface area contributed by atoms with Gasteiger partial charge in [0.2, 0.25) is 0 Å². The van der Waals surface area contributed by atoms with Crippen molar-refractivity contribution in [2.45, 2.75) is 33.7 Å². The Morgan fingerprint density at radius 1 is 1.06 bits per heavy atom. The van der Waals surface area contributed by atoms with E-state index in [1.165, 1.54) is 32.7 Å². The van der Waals surface area contributed by atoms with Crippen LogP contribution in [-0.4, -0.2) is 0 Å². The van der Waals surface area contributed by atoms with Gasteiger partial charge in [0.1, 0.15) is 0 Å². The van der Waals surface area contributed by atoms with Gasteiger partial charge in [-0.15, -0.1) is 11.3 Å². The first-order chi connectivity index (χ1) is 8.54. The fraction of sp³-hybridized carbons (Fsp3) is 0.333. The lowest BCUT2D eigenvalue weighted by Crippen LogP contribution is -2.29. The van der Waals surface area contributed by atoms with E-state index in [4.69, 9.17) is 5.84 Å². The fourth-order valence-electron chi connectivity index (χ4n) is 2.62. The summed E-state index contributed by atoms with van der Waals surface area (Å²) in [4.78, 5) is 1.30. The van der Waals surface area contributed by atoms with Crippen LogP contribution in [0.25, 0.3) is 0 Å². The molecule has 0 aliphatic carbocycles. The molecule has 0 aliphatic rings. The molecular weight excluding hydrogens is 240 g/mol. The Morgan fingerprint density at radius 3 is 2.11 bits per heavy atom. The highest BCUT2D eigenvalue weighted by atomic mass is 32.1. The molecule has 2 nitrogen and oxygen atoms in total. The van der Waals surface area contributed by atoms with Crippen molar-refractivity contribution >= 4 is 11.3 Å². The lowest BCUT2D eigenvalue weighted by Gasteiger charge is -2.21. The standard InChI is InChI=1S/C15H20N2S/c1-9-7-11(3)13(12(4)8-9)14(17-16)15-10(2)5-6-18-15/h5-8,14,17H,16H2,1-4H3. The third-order valence-corrected chi connectivity index (χ3v) is 4.44. The Morgan fingerprint density at radius 2 is 1.67 bits per heavy atom. The van der Waals surface area contributed by atoms with Crippen molar-refractivity contribution in [1.82, 2.24) is 5.43 Å². The van der Waals surface area contributed by atoms with Crippen LogP contribution in [0, 0.1) is 27.7 Å². The third-order valence-electron chi connectivity index (χ3n) is 3.36. The average molecular weight is 260 g/mol. The molecule has 0 saturated heterocycles. The van der Waals surface area contributed by atoms with Gasteiger partial charge in [-0.2, -0.15) is 0 Å². The molecule has 0 saturated carbocycles. The van der Waals surface area contributed by atoms with Crippen LogP contribution in [0.15, 0.2) is 23.6 Å². The number of hydrogen-bond donors (Lipinski definition) is 2. The van der Waals surface area contributed by atoms with Crippen LogP contribution in [0.4, 0.5) is 0 Å². The first kappa shape index (κ1) is 13.3. The quantitative estimate of drug-likeness (QED) is 0.654. The summed E-state index contributed by atoms with van der Waals surface area (Å²) in [6, 6.07) is 6.67. The van der Waals surface area contributed by atoms with Crippen LogP contribution in [0.2, 0.25) is 0 Å². The zero-order chi connectivity index (χ0) is 13.3. The van der Waals surface area contributed by atoms with Crippen molar-refractivity contribution in [3.8, 4) is 0 Å². The van der Waals surface area contributed by atoms with E-state index in [0.717, 1.165) is 0 Å². The smallest absolute Gasteiger partial charge is 0.0810 e. The SMILES string of the molecule is Cc1cc(C)c(C(NN)c2sccc2C)c(C)c1. The number of thiophene rings is 1. The first-order valence-electron chi connectivity index (χ1n) is 6.12. The molecule has 2 rings (SSSR count). The molecule has 3 heteroatoms. The first-order valence-corrected chi connectivity index (χ1v) is 7.00. The maximum absolute atomic E-state index is 5.80. The lowest BCUT2D eigenvalue weighted by atomic mass is 9.92. The molecule has 96 valence electrons. The molecule has 0 radical (unpaired) electrons.